The lowest BCUT2D eigenvalue weighted by atomic mass is 10.1. The number of carbonyl (C=O) groups excluding carboxylic acids is 1. The predicted molar refractivity (Wildman–Crippen MR) is 97.5 cm³/mol. The number of nitrogens with zero attached hydrogens (tertiary/aromatic N) is 3. The average molecular weight is 362 g/mol. The second-order valence-corrected chi connectivity index (χ2v) is 6.74. The van der Waals surface area contributed by atoms with Gasteiger partial charge in [-0.3, -0.25) is 4.79 Å². The quantitative estimate of drug-likeness (QED) is 0.821. The smallest absolute Gasteiger partial charge is 0.257 e. The van der Waals surface area contributed by atoms with Crippen molar-refractivity contribution in [3.63, 3.8) is 0 Å². The molecule has 1 amide bonds. The van der Waals surface area contributed by atoms with Crippen molar-refractivity contribution in [3.05, 3.63) is 58.5 Å². The fourth-order valence-electron chi connectivity index (χ4n) is 3.12. The SMILES string of the molecule is CN(Cc1ccc(Cl)c(F)c1)c1ncccc1C(=O)N1CCCCC1. The van der Waals surface area contributed by atoms with Crippen LogP contribution in [0.1, 0.15) is 35.2 Å². The van der Waals surface area contributed by atoms with Crippen molar-refractivity contribution in [2.75, 3.05) is 25.0 Å². The van der Waals surface area contributed by atoms with Gasteiger partial charge >= 0.3 is 0 Å². The molecule has 132 valence electrons. The molecule has 1 saturated heterocycles. The second-order valence-electron chi connectivity index (χ2n) is 6.33. The maximum Gasteiger partial charge on any atom is 0.257 e. The van der Waals surface area contributed by atoms with Gasteiger partial charge in [0.15, 0.2) is 0 Å². The fourth-order valence-corrected chi connectivity index (χ4v) is 3.24. The Bertz CT molecular complexity index is 762. The molecule has 0 unspecified atom stereocenters. The molecule has 1 aromatic carbocycles. The number of hydrogen-bond donors (Lipinski definition) is 0. The molecule has 1 aromatic heterocycles. The fraction of sp³-hybridized carbons (Fsp3) is 0.368. The van der Waals surface area contributed by atoms with Gasteiger partial charge in [0.25, 0.3) is 5.91 Å². The first-order valence-electron chi connectivity index (χ1n) is 8.45. The zero-order chi connectivity index (χ0) is 17.8. The normalized spacial score (nSPS) is 14.4. The van der Waals surface area contributed by atoms with Crippen LogP contribution in [0.25, 0.3) is 0 Å². The summed E-state index contributed by atoms with van der Waals surface area (Å²) in [7, 11) is 1.85. The molecule has 1 aliphatic heterocycles. The highest BCUT2D eigenvalue weighted by Gasteiger charge is 2.22. The van der Waals surface area contributed by atoms with E-state index in [1.165, 1.54) is 18.6 Å². The van der Waals surface area contributed by atoms with Crippen LogP contribution in [0, 0.1) is 5.82 Å². The monoisotopic (exact) mass is 361 g/mol. The second kappa shape index (κ2) is 7.83. The van der Waals surface area contributed by atoms with Crippen LogP contribution in [-0.4, -0.2) is 35.9 Å². The number of benzene rings is 1. The highest BCUT2D eigenvalue weighted by molar-refractivity contribution is 6.30. The summed E-state index contributed by atoms with van der Waals surface area (Å²) in [6, 6.07) is 8.30. The van der Waals surface area contributed by atoms with Gasteiger partial charge < -0.3 is 9.80 Å². The standard InChI is InChI=1S/C19H21ClFN3O/c1-23(13-14-7-8-16(20)17(21)12-14)18-15(6-5-9-22-18)19(25)24-10-3-2-4-11-24/h5-9,12H,2-4,10-11,13H2,1H3. The molecule has 1 aliphatic rings. The lowest BCUT2D eigenvalue weighted by molar-refractivity contribution is 0.0724. The Kier molecular flexibility index (Phi) is 5.53. The Balaban J connectivity index is 1.81. The van der Waals surface area contributed by atoms with Crippen LogP contribution in [0.5, 0.6) is 0 Å². The molecular weight excluding hydrogens is 341 g/mol. The van der Waals surface area contributed by atoms with Crippen LogP contribution in [0.15, 0.2) is 36.5 Å². The number of pyridine rings is 1. The van der Waals surface area contributed by atoms with Gasteiger partial charge in [-0.25, -0.2) is 9.37 Å². The Labute approximate surface area is 152 Å². The van der Waals surface area contributed by atoms with Crippen molar-refractivity contribution < 1.29 is 9.18 Å². The number of halogens is 2. The summed E-state index contributed by atoms with van der Waals surface area (Å²) in [5.74, 6) is 0.170. The van der Waals surface area contributed by atoms with E-state index in [9.17, 15) is 9.18 Å². The van der Waals surface area contributed by atoms with Crippen LogP contribution in [0.3, 0.4) is 0 Å². The Morgan fingerprint density at radius 2 is 2.04 bits per heavy atom. The molecule has 0 N–H and O–H groups in total. The molecule has 6 heteroatoms. The van der Waals surface area contributed by atoms with E-state index in [1.807, 2.05) is 16.8 Å². The highest BCUT2D eigenvalue weighted by atomic mass is 35.5. The summed E-state index contributed by atoms with van der Waals surface area (Å²) >= 11 is 5.74. The van der Waals surface area contributed by atoms with Gasteiger partial charge in [-0.2, -0.15) is 0 Å². The topological polar surface area (TPSA) is 36.4 Å². The molecule has 3 rings (SSSR count). The molecule has 2 aromatic rings. The third-order valence-electron chi connectivity index (χ3n) is 4.43. The van der Waals surface area contributed by atoms with E-state index in [0.717, 1.165) is 31.5 Å². The van der Waals surface area contributed by atoms with Crippen molar-refractivity contribution in [2.24, 2.45) is 0 Å². The summed E-state index contributed by atoms with van der Waals surface area (Å²) in [4.78, 5) is 21.0. The summed E-state index contributed by atoms with van der Waals surface area (Å²) < 4.78 is 13.7. The molecule has 4 nitrogen and oxygen atoms in total. The summed E-state index contributed by atoms with van der Waals surface area (Å²) in [6.45, 7) is 2.02. The van der Waals surface area contributed by atoms with E-state index in [2.05, 4.69) is 4.98 Å². The maximum atomic E-state index is 13.7. The number of likely N-dealkylation sites (tertiary alicyclic amines) is 1. The number of anilines is 1. The van der Waals surface area contributed by atoms with Gasteiger partial charge in [-0.05, 0) is 49.1 Å². The van der Waals surface area contributed by atoms with Gasteiger partial charge in [0.2, 0.25) is 0 Å². The summed E-state index contributed by atoms with van der Waals surface area (Å²) in [6.07, 6.45) is 4.93. The number of rotatable bonds is 4. The van der Waals surface area contributed by atoms with Crippen LogP contribution < -0.4 is 4.90 Å². The Hall–Kier alpha value is -2.14. The molecule has 2 heterocycles. The third-order valence-corrected chi connectivity index (χ3v) is 4.73. The first kappa shape index (κ1) is 17.7. The van der Waals surface area contributed by atoms with Gasteiger partial charge in [0.1, 0.15) is 11.6 Å². The van der Waals surface area contributed by atoms with Crippen LogP contribution in [0.2, 0.25) is 5.02 Å². The number of hydrogen-bond acceptors (Lipinski definition) is 3. The molecule has 0 atom stereocenters. The van der Waals surface area contributed by atoms with Crippen molar-refractivity contribution in [2.45, 2.75) is 25.8 Å². The van der Waals surface area contributed by atoms with E-state index in [-0.39, 0.29) is 10.9 Å². The number of piperidine rings is 1. The zero-order valence-electron chi connectivity index (χ0n) is 14.2. The Morgan fingerprint density at radius 1 is 1.28 bits per heavy atom. The molecule has 0 aliphatic carbocycles. The van der Waals surface area contributed by atoms with Crippen molar-refractivity contribution in [1.29, 1.82) is 0 Å². The van der Waals surface area contributed by atoms with Crippen LogP contribution >= 0.6 is 11.6 Å². The molecular formula is C19H21ClFN3O. The van der Waals surface area contributed by atoms with E-state index < -0.39 is 5.82 Å². The third kappa shape index (κ3) is 4.10. The highest BCUT2D eigenvalue weighted by Crippen LogP contribution is 2.23. The number of carbonyl (C=O) groups is 1. The molecule has 1 fully saturated rings. The molecule has 0 radical (unpaired) electrons. The van der Waals surface area contributed by atoms with Crippen LogP contribution in [0.4, 0.5) is 10.2 Å². The maximum absolute atomic E-state index is 13.7. The van der Waals surface area contributed by atoms with Crippen molar-refractivity contribution in [3.8, 4) is 0 Å². The van der Waals surface area contributed by atoms with Gasteiger partial charge in [0.05, 0.1) is 10.6 Å². The zero-order valence-corrected chi connectivity index (χ0v) is 15.0. The van der Waals surface area contributed by atoms with E-state index in [0.29, 0.717) is 17.9 Å². The minimum Gasteiger partial charge on any atom is -0.355 e. The number of amides is 1. The molecule has 0 bridgehead atoms. The van der Waals surface area contributed by atoms with Crippen molar-refractivity contribution in [1.82, 2.24) is 9.88 Å². The predicted octanol–water partition coefficient (Wildman–Crippen LogP) is 4.14. The van der Waals surface area contributed by atoms with Gasteiger partial charge in [-0.15, -0.1) is 0 Å². The minimum atomic E-state index is -0.446. The average Bonchev–Trinajstić information content (AvgIpc) is 2.65. The molecule has 0 spiro atoms. The van der Waals surface area contributed by atoms with Crippen LogP contribution in [-0.2, 0) is 6.54 Å². The summed E-state index contributed by atoms with van der Waals surface area (Å²) in [5.41, 5.74) is 1.35. The largest absolute Gasteiger partial charge is 0.355 e. The first-order valence-corrected chi connectivity index (χ1v) is 8.83. The van der Waals surface area contributed by atoms with Gasteiger partial charge in [-0.1, -0.05) is 17.7 Å². The number of aromatic nitrogens is 1. The lowest BCUT2D eigenvalue weighted by Crippen LogP contribution is -2.36. The summed E-state index contributed by atoms with van der Waals surface area (Å²) in [5, 5.41) is 0.102. The van der Waals surface area contributed by atoms with E-state index in [1.54, 1.807) is 24.4 Å². The van der Waals surface area contributed by atoms with Gasteiger partial charge in [0, 0.05) is 32.9 Å². The Morgan fingerprint density at radius 3 is 2.76 bits per heavy atom. The minimum absolute atomic E-state index is 0.0111. The first-order chi connectivity index (χ1) is 12.1. The van der Waals surface area contributed by atoms with Crippen molar-refractivity contribution >= 4 is 23.3 Å². The molecule has 0 saturated carbocycles. The van der Waals surface area contributed by atoms with E-state index >= 15 is 0 Å². The molecule has 25 heavy (non-hydrogen) atoms. The van der Waals surface area contributed by atoms with E-state index in [4.69, 9.17) is 11.6 Å². The lowest BCUT2D eigenvalue weighted by Gasteiger charge is -2.28.